The first-order valence-electron chi connectivity index (χ1n) is 7.57. The van der Waals surface area contributed by atoms with Crippen molar-refractivity contribution in [3.8, 4) is 0 Å². The predicted molar refractivity (Wildman–Crippen MR) is 77.6 cm³/mol. The molecule has 18 heavy (non-hydrogen) atoms. The second kappa shape index (κ2) is 5.48. The van der Waals surface area contributed by atoms with Gasteiger partial charge in [-0.25, -0.2) is 0 Å². The van der Waals surface area contributed by atoms with Gasteiger partial charge in [0.1, 0.15) is 0 Å². The van der Waals surface area contributed by atoms with Crippen LogP contribution in [0.2, 0.25) is 0 Å². The van der Waals surface area contributed by atoms with Crippen molar-refractivity contribution in [1.82, 2.24) is 9.80 Å². The van der Waals surface area contributed by atoms with E-state index in [1.165, 1.54) is 45.4 Å². The summed E-state index contributed by atoms with van der Waals surface area (Å²) in [5.74, 6) is 1.59. The number of rotatable bonds is 2. The van der Waals surface area contributed by atoms with E-state index in [0.29, 0.717) is 17.5 Å². The molecule has 1 saturated carbocycles. The first-order chi connectivity index (χ1) is 8.38. The maximum absolute atomic E-state index is 6.32. The van der Waals surface area contributed by atoms with Gasteiger partial charge in [-0.15, -0.1) is 0 Å². The van der Waals surface area contributed by atoms with Gasteiger partial charge in [-0.1, -0.05) is 6.92 Å². The van der Waals surface area contributed by atoms with Gasteiger partial charge < -0.3 is 5.73 Å². The number of nitrogens with zero attached hydrogens (tertiary/aromatic N) is 2. The highest BCUT2D eigenvalue weighted by Crippen LogP contribution is 2.29. The molecule has 1 aliphatic carbocycles. The van der Waals surface area contributed by atoms with Crippen molar-refractivity contribution < 1.29 is 0 Å². The second-order valence-electron chi connectivity index (χ2n) is 7.31. The van der Waals surface area contributed by atoms with E-state index in [1.807, 2.05) is 0 Å². The predicted octanol–water partition coefficient (Wildman–Crippen LogP) is 1.78. The van der Waals surface area contributed by atoms with Crippen molar-refractivity contribution in [1.29, 1.82) is 0 Å². The van der Waals surface area contributed by atoms with E-state index >= 15 is 0 Å². The second-order valence-corrected chi connectivity index (χ2v) is 7.31. The topological polar surface area (TPSA) is 32.5 Å². The lowest BCUT2D eigenvalue weighted by molar-refractivity contribution is 0.0245. The molecule has 0 aromatic rings. The van der Waals surface area contributed by atoms with Crippen LogP contribution in [-0.2, 0) is 0 Å². The number of piperazine rings is 1. The number of hydrogen-bond donors (Lipinski definition) is 1. The molecule has 3 atom stereocenters. The molecule has 0 amide bonds. The number of hydrogen-bond acceptors (Lipinski definition) is 3. The molecule has 106 valence electrons. The van der Waals surface area contributed by atoms with Crippen LogP contribution in [0, 0.1) is 11.8 Å². The number of nitrogens with two attached hydrogens (primary N) is 1. The number of likely N-dealkylation sites (N-methyl/N-ethyl adjacent to an activating group) is 1. The van der Waals surface area contributed by atoms with Crippen molar-refractivity contribution in [2.75, 3.05) is 33.2 Å². The third kappa shape index (κ3) is 3.25. The van der Waals surface area contributed by atoms with Crippen LogP contribution in [0.3, 0.4) is 0 Å². The fraction of sp³-hybridized carbons (Fsp3) is 1.00. The molecule has 0 aromatic heterocycles. The Labute approximate surface area is 113 Å². The average molecular weight is 253 g/mol. The lowest BCUT2D eigenvalue weighted by atomic mass is 9.78. The summed E-state index contributed by atoms with van der Waals surface area (Å²) in [6.07, 6.45) is 3.88. The van der Waals surface area contributed by atoms with Crippen molar-refractivity contribution in [2.45, 2.75) is 51.6 Å². The standard InChI is InChI=1S/C15H31N3/c1-12-5-6-14(16)13(9-12)10-18-8-7-17(4)15(2,3)11-18/h12-14H,5-11,16H2,1-4H3. The summed E-state index contributed by atoms with van der Waals surface area (Å²) in [6.45, 7) is 11.9. The molecule has 1 saturated heterocycles. The molecule has 2 N–H and O–H groups in total. The molecule has 0 radical (unpaired) electrons. The van der Waals surface area contributed by atoms with E-state index in [-0.39, 0.29) is 0 Å². The van der Waals surface area contributed by atoms with Gasteiger partial charge in [-0.3, -0.25) is 9.80 Å². The van der Waals surface area contributed by atoms with Crippen LogP contribution >= 0.6 is 0 Å². The van der Waals surface area contributed by atoms with Crippen LogP contribution in [0.4, 0.5) is 0 Å². The Kier molecular flexibility index (Phi) is 4.35. The van der Waals surface area contributed by atoms with Gasteiger partial charge in [0.05, 0.1) is 0 Å². The smallest absolute Gasteiger partial charge is 0.0277 e. The Morgan fingerprint density at radius 3 is 2.61 bits per heavy atom. The Balaban J connectivity index is 1.89. The Morgan fingerprint density at radius 1 is 1.22 bits per heavy atom. The van der Waals surface area contributed by atoms with E-state index in [2.05, 4.69) is 37.6 Å². The van der Waals surface area contributed by atoms with E-state index in [9.17, 15) is 0 Å². The molecule has 3 unspecified atom stereocenters. The van der Waals surface area contributed by atoms with Crippen molar-refractivity contribution in [2.24, 2.45) is 17.6 Å². The van der Waals surface area contributed by atoms with Crippen LogP contribution < -0.4 is 5.73 Å². The molecule has 2 fully saturated rings. The minimum atomic E-state index is 0.308. The molecule has 2 aliphatic rings. The maximum Gasteiger partial charge on any atom is 0.0277 e. The summed E-state index contributed by atoms with van der Waals surface area (Å²) in [5.41, 5.74) is 6.62. The minimum Gasteiger partial charge on any atom is -0.327 e. The first kappa shape index (κ1) is 14.3. The Bertz CT molecular complexity index is 277. The summed E-state index contributed by atoms with van der Waals surface area (Å²) in [5, 5.41) is 0. The molecule has 0 aromatic carbocycles. The monoisotopic (exact) mass is 253 g/mol. The Hall–Kier alpha value is -0.120. The molecular weight excluding hydrogens is 222 g/mol. The molecule has 0 bridgehead atoms. The van der Waals surface area contributed by atoms with Crippen molar-refractivity contribution >= 4 is 0 Å². The molecule has 3 heteroatoms. The quantitative estimate of drug-likeness (QED) is 0.814. The van der Waals surface area contributed by atoms with Gasteiger partial charge in [0.2, 0.25) is 0 Å². The highest BCUT2D eigenvalue weighted by molar-refractivity contribution is 4.91. The van der Waals surface area contributed by atoms with Gasteiger partial charge in [0.25, 0.3) is 0 Å². The molecule has 1 heterocycles. The zero-order chi connectivity index (χ0) is 13.3. The zero-order valence-electron chi connectivity index (χ0n) is 12.7. The van der Waals surface area contributed by atoms with Crippen LogP contribution in [0.5, 0.6) is 0 Å². The average Bonchev–Trinajstić information content (AvgIpc) is 2.28. The fourth-order valence-corrected chi connectivity index (χ4v) is 3.56. The lowest BCUT2D eigenvalue weighted by Gasteiger charge is -2.47. The largest absolute Gasteiger partial charge is 0.327 e. The summed E-state index contributed by atoms with van der Waals surface area (Å²) in [6, 6.07) is 0.434. The molecule has 3 nitrogen and oxygen atoms in total. The highest BCUT2D eigenvalue weighted by atomic mass is 15.3. The molecule has 2 rings (SSSR count). The van der Waals surface area contributed by atoms with E-state index in [1.54, 1.807) is 0 Å². The van der Waals surface area contributed by atoms with Crippen LogP contribution in [0.15, 0.2) is 0 Å². The molecule has 0 spiro atoms. The third-order valence-corrected chi connectivity index (χ3v) is 5.19. The summed E-state index contributed by atoms with van der Waals surface area (Å²) in [7, 11) is 2.24. The van der Waals surface area contributed by atoms with Gasteiger partial charge in [-0.05, 0) is 52.0 Å². The van der Waals surface area contributed by atoms with Crippen molar-refractivity contribution in [3.63, 3.8) is 0 Å². The van der Waals surface area contributed by atoms with E-state index in [0.717, 1.165) is 5.92 Å². The van der Waals surface area contributed by atoms with Crippen LogP contribution in [0.1, 0.15) is 40.0 Å². The van der Waals surface area contributed by atoms with Gasteiger partial charge in [0.15, 0.2) is 0 Å². The molecular formula is C15H31N3. The normalized spacial score (nSPS) is 38.8. The Morgan fingerprint density at radius 2 is 1.94 bits per heavy atom. The third-order valence-electron chi connectivity index (χ3n) is 5.19. The summed E-state index contributed by atoms with van der Waals surface area (Å²) in [4.78, 5) is 5.12. The van der Waals surface area contributed by atoms with Crippen LogP contribution in [-0.4, -0.2) is 54.6 Å². The van der Waals surface area contributed by atoms with Gasteiger partial charge in [0, 0.05) is 37.8 Å². The van der Waals surface area contributed by atoms with Crippen molar-refractivity contribution in [3.05, 3.63) is 0 Å². The van der Waals surface area contributed by atoms with Gasteiger partial charge in [-0.2, -0.15) is 0 Å². The first-order valence-corrected chi connectivity index (χ1v) is 7.57. The SMILES string of the molecule is CC1CCC(N)C(CN2CCN(C)C(C)(C)C2)C1. The fourth-order valence-electron chi connectivity index (χ4n) is 3.56. The summed E-state index contributed by atoms with van der Waals surface area (Å²) < 4.78 is 0. The summed E-state index contributed by atoms with van der Waals surface area (Å²) >= 11 is 0. The van der Waals surface area contributed by atoms with Gasteiger partial charge >= 0.3 is 0 Å². The maximum atomic E-state index is 6.32. The minimum absolute atomic E-state index is 0.308. The lowest BCUT2D eigenvalue weighted by Crippen LogP contribution is -2.59. The highest BCUT2D eigenvalue weighted by Gasteiger charge is 2.34. The van der Waals surface area contributed by atoms with E-state index < -0.39 is 0 Å². The zero-order valence-corrected chi connectivity index (χ0v) is 12.7. The molecule has 1 aliphatic heterocycles. The van der Waals surface area contributed by atoms with E-state index in [4.69, 9.17) is 5.73 Å². The van der Waals surface area contributed by atoms with Crippen LogP contribution in [0.25, 0.3) is 0 Å².